The van der Waals surface area contributed by atoms with Crippen LogP contribution in [0.2, 0.25) is 0 Å². The van der Waals surface area contributed by atoms with Crippen LogP contribution in [-0.2, 0) is 20.8 Å². The molecule has 0 spiro atoms. The molecular weight excluding hydrogens is 386 g/mol. The molecule has 0 heterocycles. The van der Waals surface area contributed by atoms with Gasteiger partial charge in [-0.15, -0.1) is 0 Å². The molecule has 5 rings (SSSR count). The van der Waals surface area contributed by atoms with Crippen molar-refractivity contribution in [2.75, 3.05) is 6.54 Å². The Morgan fingerprint density at radius 1 is 1.03 bits per heavy atom. The molecule has 6 N–H and O–H groups in total. The number of phenols is 1. The second kappa shape index (κ2) is 7.91. The van der Waals surface area contributed by atoms with E-state index in [0.717, 1.165) is 31.2 Å². The topological polar surface area (TPSA) is 142 Å². The Labute approximate surface area is 175 Å². The van der Waals surface area contributed by atoms with Crippen LogP contribution in [0.1, 0.15) is 37.7 Å². The molecule has 4 saturated carbocycles. The minimum absolute atomic E-state index is 0.00682. The third kappa shape index (κ3) is 3.76. The Bertz CT molecular complexity index is 810. The Morgan fingerprint density at radius 2 is 1.60 bits per heavy atom. The van der Waals surface area contributed by atoms with Crippen LogP contribution in [-0.4, -0.2) is 46.1 Å². The van der Waals surface area contributed by atoms with Gasteiger partial charge < -0.3 is 26.6 Å². The second-order valence-corrected chi connectivity index (χ2v) is 9.22. The van der Waals surface area contributed by atoms with Crippen molar-refractivity contribution in [2.24, 2.45) is 29.4 Å². The SMILES string of the molecule is N[C@@H](Cc1ccc(O)cc1)C(=O)NC1(C(=O)NCC(=O)O)C2CC3CC(C2)CC1C3. The van der Waals surface area contributed by atoms with Crippen molar-refractivity contribution in [1.82, 2.24) is 10.6 Å². The first-order valence-corrected chi connectivity index (χ1v) is 10.6. The number of nitrogens with two attached hydrogens (primary N) is 1. The van der Waals surface area contributed by atoms with E-state index < -0.39 is 35.9 Å². The monoisotopic (exact) mass is 415 g/mol. The van der Waals surface area contributed by atoms with E-state index in [1.165, 1.54) is 6.42 Å². The van der Waals surface area contributed by atoms with Crippen molar-refractivity contribution in [3.63, 3.8) is 0 Å². The fraction of sp³-hybridized carbons (Fsp3) is 0.591. The average molecular weight is 415 g/mol. The first-order valence-electron chi connectivity index (χ1n) is 10.6. The molecule has 162 valence electrons. The lowest BCUT2D eigenvalue weighted by atomic mass is 9.48. The van der Waals surface area contributed by atoms with Gasteiger partial charge in [0.25, 0.3) is 0 Å². The van der Waals surface area contributed by atoms with E-state index in [4.69, 9.17) is 10.8 Å². The summed E-state index contributed by atoms with van der Waals surface area (Å²) < 4.78 is 0. The number of benzene rings is 1. The third-order valence-corrected chi connectivity index (χ3v) is 7.26. The molecular formula is C22H29N3O5. The minimum atomic E-state index is -1.11. The largest absolute Gasteiger partial charge is 0.508 e. The van der Waals surface area contributed by atoms with Crippen molar-refractivity contribution in [2.45, 2.75) is 50.1 Å². The zero-order chi connectivity index (χ0) is 21.5. The summed E-state index contributed by atoms with van der Waals surface area (Å²) in [5.41, 5.74) is 5.89. The molecule has 0 aromatic heterocycles. The third-order valence-electron chi connectivity index (χ3n) is 7.26. The van der Waals surface area contributed by atoms with Crippen LogP contribution in [0.25, 0.3) is 0 Å². The lowest BCUT2D eigenvalue weighted by Crippen LogP contribution is -2.73. The van der Waals surface area contributed by atoms with Gasteiger partial charge >= 0.3 is 5.97 Å². The highest BCUT2D eigenvalue weighted by Gasteiger charge is 2.61. The molecule has 0 aliphatic heterocycles. The van der Waals surface area contributed by atoms with E-state index >= 15 is 0 Å². The minimum Gasteiger partial charge on any atom is -0.508 e. The summed E-state index contributed by atoms with van der Waals surface area (Å²) in [4.78, 5) is 37.3. The van der Waals surface area contributed by atoms with Crippen molar-refractivity contribution >= 4 is 17.8 Å². The maximum absolute atomic E-state index is 13.3. The quantitative estimate of drug-likeness (QED) is 0.445. The number of amides is 2. The predicted molar refractivity (Wildman–Crippen MR) is 108 cm³/mol. The molecule has 8 heteroatoms. The maximum atomic E-state index is 13.3. The van der Waals surface area contributed by atoms with Gasteiger partial charge in [0, 0.05) is 0 Å². The van der Waals surface area contributed by atoms with Crippen molar-refractivity contribution in [3.05, 3.63) is 29.8 Å². The maximum Gasteiger partial charge on any atom is 0.322 e. The van der Waals surface area contributed by atoms with Crippen LogP contribution in [0, 0.1) is 23.7 Å². The van der Waals surface area contributed by atoms with Crippen molar-refractivity contribution < 1.29 is 24.6 Å². The summed E-state index contributed by atoms with van der Waals surface area (Å²) in [5, 5.41) is 24.0. The molecule has 4 bridgehead atoms. The first-order chi connectivity index (χ1) is 14.3. The van der Waals surface area contributed by atoms with Gasteiger partial charge in [0.2, 0.25) is 11.8 Å². The Kier molecular flexibility index (Phi) is 5.44. The summed E-state index contributed by atoms with van der Waals surface area (Å²) in [6, 6.07) is 5.65. The first kappa shape index (κ1) is 20.7. The molecule has 30 heavy (non-hydrogen) atoms. The van der Waals surface area contributed by atoms with E-state index in [9.17, 15) is 19.5 Å². The molecule has 1 aromatic rings. The zero-order valence-corrected chi connectivity index (χ0v) is 16.8. The number of carboxylic acids is 1. The number of hydrogen-bond donors (Lipinski definition) is 5. The summed E-state index contributed by atoms with van der Waals surface area (Å²) in [6.45, 7) is -0.470. The molecule has 4 aliphatic rings. The molecule has 0 saturated heterocycles. The van der Waals surface area contributed by atoms with Gasteiger partial charge in [-0.3, -0.25) is 14.4 Å². The van der Waals surface area contributed by atoms with Gasteiger partial charge in [-0.2, -0.15) is 0 Å². The van der Waals surface area contributed by atoms with E-state index in [0.29, 0.717) is 11.8 Å². The lowest BCUT2D eigenvalue weighted by Gasteiger charge is -2.60. The molecule has 2 amide bonds. The molecule has 0 unspecified atom stereocenters. The summed E-state index contributed by atoms with van der Waals surface area (Å²) in [7, 11) is 0. The Balaban J connectivity index is 1.54. The Morgan fingerprint density at radius 3 is 2.13 bits per heavy atom. The second-order valence-electron chi connectivity index (χ2n) is 9.22. The van der Waals surface area contributed by atoms with Gasteiger partial charge in [0.15, 0.2) is 0 Å². The predicted octanol–water partition coefficient (Wildman–Crippen LogP) is 0.774. The number of rotatable bonds is 7. The standard InChI is InChI=1S/C22H29N3O5/c23-18(10-12-1-3-17(26)4-2-12)20(29)25-22(21(30)24-11-19(27)28)15-6-13-5-14(8-15)9-16(22)7-13/h1-4,13-16,18,26H,5-11,23H2,(H,24,30)(H,25,29)(H,27,28)/t13?,14?,15?,16?,18-,22?/m0/s1. The normalized spacial score (nSPS) is 32.4. The van der Waals surface area contributed by atoms with Gasteiger partial charge in [-0.25, -0.2) is 0 Å². The number of hydrogen-bond acceptors (Lipinski definition) is 5. The smallest absolute Gasteiger partial charge is 0.322 e. The number of phenolic OH excluding ortho intramolecular Hbond substituents is 1. The highest BCUT2D eigenvalue weighted by atomic mass is 16.4. The van der Waals surface area contributed by atoms with E-state index in [1.807, 2.05) is 0 Å². The zero-order valence-electron chi connectivity index (χ0n) is 16.8. The Hall–Kier alpha value is -2.61. The molecule has 4 fully saturated rings. The average Bonchev–Trinajstić information content (AvgIpc) is 2.70. The number of aromatic hydroxyl groups is 1. The fourth-order valence-corrected chi connectivity index (χ4v) is 6.14. The molecule has 0 radical (unpaired) electrons. The van der Waals surface area contributed by atoms with Crippen LogP contribution in [0.4, 0.5) is 0 Å². The lowest BCUT2D eigenvalue weighted by molar-refractivity contribution is -0.154. The van der Waals surface area contributed by atoms with Crippen LogP contribution in [0.5, 0.6) is 5.75 Å². The number of carbonyl (C=O) groups is 3. The van der Waals surface area contributed by atoms with Gasteiger partial charge in [-0.1, -0.05) is 12.1 Å². The highest BCUT2D eigenvalue weighted by molar-refractivity contribution is 5.95. The van der Waals surface area contributed by atoms with E-state index in [1.54, 1.807) is 24.3 Å². The number of carboxylic acid groups (broad SMARTS) is 1. The van der Waals surface area contributed by atoms with Gasteiger partial charge in [0.1, 0.15) is 17.8 Å². The molecule has 1 aromatic carbocycles. The van der Waals surface area contributed by atoms with Gasteiger partial charge in [-0.05, 0) is 79.9 Å². The van der Waals surface area contributed by atoms with Crippen LogP contribution in [0.15, 0.2) is 24.3 Å². The van der Waals surface area contributed by atoms with Gasteiger partial charge in [0.05, 0.1) is 6.04 Å². The van der Waals surface area contributed by atoms with E-state index in [-0.39, 0.29) is 24.0 Å². The van der Waals surface area contributed by atoms with Crippen LogP contribution in [0.3, 0.4) is 0 Å². The summed E-state index contributed by atoms with van der Waals surface area (Å²) in [5.74, 6) is -0.604. The highest BCUT2D eigenvalue weighted by Crippen LogP contribution is 2.58. The molecule has 1 atom stereocenters. The van der Waals surface area contributed by atoms with Crippen molar-refractivity contribution in [1.29, 1.82) is 0 Å². The summed E-state index contributed by atoms with van der Waals surface area (Å²) in [6.07, 6.45) is 4.97. The number of nitrogens with one attached hydrogen (secondary N) is 2. The van der Waals surface area contributed by atoms with E-state index in [2.05, 4.69) is 10.6 Å². The summed E-state index contributed by atoms with van der Waals surface area (Å²) >= 11 is 0. The fourth-order valence-electron chi connectivity index (χ4n) is 6.14. The number of aliphatic carboxylic acids is 1. The number of carbonyl (C=O) groups excluding carboxylic acids is 2. The molecule has 8 nitrogen and oxygen atoms in total. The van der Waals surface area contributed by atoms with Crippen molar-refractivity contribution in [3.8, 4) is 5.75 Å². The van der Waals surface area contributed by atoms with Crippen LogP contribution < -0.4 is 16.4 Å². The van der Waals surface area contributed by atoms with Crippen LogP contribution >= 0.6 is 0 Å². The molecule has 4 aliphatic carbocycles.